The average molecular weight is 271 g/mol. The third-order valence-electron chi connectivity index (χ3n) is 3.08. The Kier molecular flexibility index (Phi) is 3.28. The van der Waals surface area contributed by atoms with Crippen LogP contribution in [-0.2, 0) is 0 Å². The van der Waals surface area contributed by atoms with Crippen LogP contribution in [0.25, 0.3) is 0 Å². The SMILES string of the molecule is COc1ccc(Nc2nc(NC3CC3)ncc2N)cc1. The summed E-state index contributed by atoms with van der Waals surface area (Å²) in [4.78, 5) is 8.58. The summed E-state index contributed by atoms with van der Waals surface area (Å²) in [5.41, 5.74) is 7.31. The van der Waals surface area contributed by atoms with Crippen LogP contribution in [0.2, 0.25) is 0 Å². The standard InChI is InChI=1S/C14H17N5O/c1-20-11-6-4-9(5-7-11)17-13-12(15)8-16-14(19-13)18-10-2-3-10/h4-8,10H,2-3,15H2,1H3,(H2,16,17,18,19). The van der Waals surface area contributed by atoms with E-state index in [1.807, 2.05) is 24.3 Å². The molecule has 0 saturated heterocycles. The van der Waals surface area contributed by atoms with Crippen LogP contribution in [0.4, 0.5) is 23.1 Å². The highest BCUT2D eigenvalue weighted by Gasteiger charge is 2.22. The summed E-state index contributed by atoms with van der Waals surface area (Å²) in [7, 11) is 1.64. The molecular weight excluding hydrogens is 254 g/mol. The lowest BCUT2D eigenvalue weighted by Crippen LogP contribution is -2.08. The van der Waals surface area contributed by atoms with Gasteiger partial charge in [-0.05, 0) is 37.1 Å². The topological polar surface area (TPSA) is 85.1 Å². The van der Waals surface area contributed by atoms with Crippen LogP contribution in [0, 0.1) is 0 Å². The van der Waals surface area contributed by atoms with Gasteiger partial charge in [0.1, 0.15) is 5.75 Å². The van der Waals surface area contributed by atoms with Crippen LogP contribution in [0.15, 0.2) is 30.5 Å². The first kappa shape index (κ1) is 12.5. The molecule has 1 aliphatic carbocycles. The van der Waals surface area contributed by atoms with Crippen molar-refractivity contribution in [2.45, 2.75) is 18.9 Å². The van der Waals surface area contributed by atoms with Crippen molar-refractivity contribution in [3.63, 3.8) is 0 Å². The molecule has 6 nitrogen and oxygen atoms in total. The Morgan fingerprint density at radius 1 is 1.25 bits per heavy atom. The van der Waals surface area contributed by atoms with Gasteiger partial charge in [-0.1, -0.05) is 0 Å². The van der Waals surface area contributed by atoms with Gasteiger partial charge in [-0.3, -0.25) is 0 Å². The van der Waals surface area contributed by atoms with Gasteiger partial charge in [0.25, 0.3) is 0 Å². The van der Waals surface area contributed by atoms with Crippen LogP contribution < -0.4 is 21.1 Å². The Morgan fingerprint density at radius 3 is 2.65 bits per heavy atom. The van der Waals surface area contributed by atoms with Crippen LogP contribution in [0.1, 0.15) is 12.8 Å². The second kappa shape index (κ2) is 5.24. The molecule has 1 aromatic heterocycles. The number of nitrogens with zero attached hydrogens (tertiary/aromatic N) is 2. The number of hydrogen-bond acceptors (Lipinski definition) is 6. The lowest BCUT2D eigenvalue weighted by molar-refractivity contribution is 0.415. The summed E-state index contributed by atoms with van der Waals surface area (Å²) >= 11 is 0. The van der Waals surface area contributed by atoms with E-state index in [-0.39, 0.29) is 0 Å². The lowest BCUT2D eigenvalue weighted by atomic mass is 10.3. The predicted molar refractivity (Wildman–Crippen MR) is 79.4 cm³/mol. The summed E-state index contributed by atoms with van der Waals surface area (Å²) < 4.78 is 5.12. The molecule has 1 aromatic carbocycles. The Bertz CT molecular complexity index is 595. The van der Waals surface area contributed by atoms with E-state index in [0.717, 1.165) is 11.4 Å². The van der Waals surface area contributed by atoms with Crippen molar-refractivity contribution in [2.75, 3.05) is 23.5 Å². The highest BCUT2D eigenvalue weighted by atomic mass is 16.5. The Labute approximate surface area is 117 Å². The van der Waals surface area contributed by atoms with E-state index in [9.17, 15) is 0 Å². The summed E-state index contributed by atoms with van der Waals surface area (Å²) in [5, 5.41) is 6.44. The quantitative estimate of drug-likeness (QED) is 0.774. The molecule has 20 heavy (non-hydrogen) atoms. The zero-order valence-electron chi connectivity index (χ0n) is 11.3. The highest BCUT2D eigenvalue weighted by Crippen LogP contribution is 2.26. The number of ether oxygens (including phenoxy) is 1. The van der Waals surface area contributed by atoms with E-state index in [4.69, 9.17) is 10.5 Å². The van der Waals surface area contributed by atoms with Gasteiger partial charge < -0.3 is 21.1 Å². The van der Waals surface area contributed by atoms with E-state index in [0.29, 0.717) is 23.5 Å². The molecule has 0 atom stereocenters. The van der Waals surface area contributed by atoms with E-state index in [1.54, 1.807) is 13.3 Å². The van der Waals surface area contributed by atoms with Crippen molar-refractivity contribution in [1.82, 2.24) is 9.97 Å². The molecule has 0 unspecified atom stereocenters. The third-order valence-corrected chi connectivity index (χ3v) is 3.08. The molecule has 104 valence electrons. The predicted octanol–water partition coefficient (Wildman–Crippen LogP) is 2.39. The maximum Gasteiger partial charge on any atom is 0.224 e. The first-order valence-electron chi connectivity index (χ1n) is 6.55. The van der Waals surface area contributed by atoms with Gasteiger partial charge in [-0.15, -0.1) is 0 Å². The Morgan fingerprint density at radius 2 is 2.00 bits per heavy atom. The lowest BCUT2D eigenvalue weighted by Gasteiger charge is -2.10. The molecule has 0 amide bonds. The summed E-state index contributed by atoms with van der Waals surface area (Å²) in [5.74, 6) is 2.02. The zero-order valence-corrected chi connectivity index (χ0v) is 11.3. The number of anilines is 4. The molecule has 0 spiro atoms. The third kappa shape index (κ3) is 2.90. The summed E-state index contributed by atoms with van der Waals surface area (Å²) in [6.07, 6.45) is 3.97. The monoisotopic (exact) mass is 271 g/mol. The van der Waals surface area contributed by atoms with Crippen molar-refractivity contribution < 1.29 is 4.74 Å². The number of rotatable bonds is 5. The zero-order chi connectivity index (χ0) is 13.9. The minimum Gasteiger partial charge on any atom is -0.497 e. The molecule has 1 heterocycles. The fraction of sp³-hybridized carbons (Fsp3) is 0.286. The van der Waals surface area contributed by atoms with Crippen molar-refractivity contribution in [2.24, 2.45) is 0 Å². The fourth-order valence-electron chi connectivity index (χ4n) is 1.78. The molecule has 0 aliphatic heterocycles. The van der Waals surface area contributed by atoms with Crippen LogP contribution in [0.5, 0.6) is 5.75 Å². The molecule has 6 heteroatoms. The number of nitrogen functional groups attached to an aromatic ring is 1. The highest BCUT2D eigenvalue weighted by molar-refractivity contribution is 5.69. The van der Waals surface area contributed by atoms with Crippen LogP contribution in [-0.4, -0.2) is 23.1 Å². The van der Waals surface area contributed by atoms with E-state index < -0.39 is 0 Å². The smallest absolute Gasteiger partial charge is 0.224 e. The Balaban J connectivity index is 1.77. The maximum atomic E-state index is 5.90. The molecule has 4 N–H and O–H groups in total. The van der Waals surface area contributed by atoms with Crippen LogP contribution >= 0.6 is 0 Å². The second-order valence-corrected chi connectivity index (χ2v) is 4.77. The molecule has 2 aromatic rings. The van der Waals surface area contributed by atoms with Gasteiger partial charge in [0.2, 0.25) is 5.95 Å². The van der Waals surface area contributed by atoms with Crippen molar-refractivity contribution >= 4 is 23.1 Å². The number of methoxy groups -OCH3 is 1. The first-order chi connectivity index (χ1) is 9.74. The van der Waals surface area contributed by atoms with Gasteiger partial charge in [-0.25, -0.2) is 4.98 Å². The number of nitrogens with two attached hydrogens (primary N) is 1. The molecule has 1 aliphatic rings. The van der Waals surface area contributed by atoms with Gasteiger partial charge in [0.15, 0.2) is 5.82 Å². The summed E-state index contributed by atoms with van der Waals surface area (Å²) in [6, 6.07) is 8.09. The molecule has 0 bridgehead atoms. The minimum absolute atomic E-state index is 0.507. The number of hydrogen-bond donors (Lipinski definition) is 3. The largest absolute Gasteiger partial charge is 0.497 e. The molecule has 1 fully saturated rings. The van der Waals surface area contributed by atoms with E-state index in [1.165, 1.54) is 12.8 Å². The normalized spacial score (nSPS) is 13.8. The van der Waals surface area contributed by atoms with Gasteiger partial charge in [-0.2, -0.15) is 4.98 Å². The Hall–Kier alpha value is -2.50. The number of aromatic nitrogens is 2. The number of benzene rings is 1. The van der Waals surface area contributed by atoms with Gasteiger partial charge >= 0.3 is 0 Å². The van der Waals surface area contributed by atoms with E-state index in [2.05, 4.69) is 20.6 Å². The van der Waals surface area contributed by atoms with Crippen LogP contribution in [0.3, 0.4) is 0 Å². The summed E-state index contributed by atoms with van der Waals surface area (Å²) in [6.45, 7) is 0. The molecule has 0 radical (unpaired) electrons. The van der Waals surface area contributed by atoms with Gasteiger partial charge in [0, 0.05) is 11.7 Å². The second-order valence-electron chi connectivity index (χ2n) is 4.77. The van der Waals surface area contributed by atoms with Crippen molar-refractivity contribution in [3.8, 4) is 5.75 Å². The van der Waals surface area contributed by atoms with Crippen molar-refractivity contribution in [3.05, 3.63) is 30.5 Å². The molecule has 3 rings (SSSR count). The number of nitrogens with one attached hydrogen (secondary N) is 2. The molecule has 1 saturated carbocycles. The van der Waals surface area contributed by atoms with Crippen molar-refractivity contribution in [1.29, 1.82) is 0 Å². The average Bonchev–Trinajstić information content (AvgIpc) is 3.27. The maximum absolute atomic E-state index is 5.90. The van der Waals surface area contributed by atoms with Gasteiger partial charge in [0.05, 0.1) is 19.0 Å². The minimum atomic E-state index is 0.507. The molecular formula is C14H17N5O. The first-order valence-corrected chi connectivity index (χ1v) is 6.55. The van der Waals surface area contributed by atoms with E-state index >= 15 is 0 Å². The fourth-order valence-corrected chi connectivity index (χ4v) is 1.78.